The lowest BCUT2D eigenvalue weighted by molar-refractivity contribution is -0.121. The number of benzene rings is 1. The van der Waals surface area contributed by atoms with Gasteiger partial charge in [-0.15, -0.1) is 11.3 Å². The lowest BCUT2D eigenvalue weighted by atomic mass is 9.96. The first-order valence-corrected chi connectivity index (χ1v) is 13.3. The smallest absolute Gasteiger partial charge is 0.407 e. The number of hydrazone groups is 1. The Kier molecular flexibility index (Phi) is 8.41. The summed E-state index contributed by atoms with van der Waals surface area (Å²) in [6.07, 6.45) is 5.33. The Morgan fingerprint density at radius 2 is 2.00 bits per heavy atom. The van der Waals surface area contributed by atoms with Crippen molar-refractivity contribution in [1.29, 1.82) is 5.26 Å². The van der Waals surface area contributed by atoms with Crippen LogP contribution in [0, 0.1) is 25.2 Å². The number of thiophene rings is 1. The molecular formula is C28H31N5O3S. The summed E-state index contributed by atoms with van der Waals surface area (Å²) in [7, 11) is 0. The van der Waals surface area contributed by atoms with Gasteiger partial charge in [0.15, 0.2) is 0 Å². The Hall–Kier alpha value is -3.90. The standard InChI is InChI=1S/C28H31N5O3S/c1-4-36-28(35)31-24(20-10-6-5-7-11-20)15-26(34)32-30-17-21-14-18(2)33(19(21)3)27-23(16-29)22-12-8-9-13-25(22)37-27/h5-7,10-11,14,17,24H,4,8-9,12-13,15H2,1-3H3,(H,31,35)(H,32,34)/b30-17-/t24-/m0/s1. The fraction of sp³-hybridized carbons (Fsp3) is 0.357. The molecule has 1 atom stereocenters. The van der Waals surface area contributed by atoms with Gasteiger partial charge in [0, 0.05) is 21.8 Å². The van der Waals surface area contributed by atoms with E-state index in [1.807, 2.05) is 50.2 Å². The Morgan fingerprint density at radius 1 is 1.24 bits per heavy atom. The van der Waals surface area contributed by atoms with Gasteiger partial charge >= 0.3 is 6.09 Å². The van der Waals surface area contributed by atoms with Crippen molar-refractivity contribution >= 4 is 29.6 Å². The first kappa shape index (κ1) is 26.2. The number of alkyl carbamates (subject to hydrolysis) is 1. The molecule has 3 aromatic rings. The van der Waals surface area contributed by atoms with Gasteiger partial charge in [0.05, 0.1) is 30.8 Å². The van der Waals surface area contributed by atoms with Crippen LogP contribution in [0.4, 0.5) is 4.79 Å². The average molecular weight is 518 g/mol. The number of carbonyl (C=O) groups excluding carboxylic acids is 2. The second kappa shape index (κ2) is 11.9. The molecule has 2 amide bonds. The van der Waals surface area contributed by atoms with Crippen LogP contribution < -0.4 is 10.7 Å². The molecule has 1 aliphatic carbocycles. The molecule has 2 N–H and O–H groups in total. The van der Waals surface area contributed by atoms with E-state index in [4.69, 9.17) is 4.74 Å². The van der Waals surface area contributed by atoms with Gasteiger partial charge in [0.25, 0.3) is 0 Å². The van der Waals surface area contributed by atoms with E-state index in [9.17, 15) is 14.9 Å². The Bertz CT molecular complexity index is 1350. The zero-order chi connectivity index (χ0) is 26.4. The minimum atomic E-state index is -0.577. The number of amides is 2. The number of hydrogen-bond donors (Lipinski definition) is 2. The first-order valence-electron chi connectivity index (χ1n) is 12.5. The van der Waals surface area contributed by atoms with Crippen molar-refractivity contribution in [2.75, 3.05) is 6.61 Å². The molecular weight excluding hydrogens is 486 g/mol. The Labute approximate surface area is 221 Å². The van der Waals surface area contributed by atoms with Crippen molar-refractivity contribution < 1.29 is 14.3 Å². The van der Waals surface area contributed by atoms with Crippen molar-refractivity contribution in [2.45, 2.75) is 58.9 Å². The summed E-state index contributed by atoms with van der Waals surface area (Å²) < 4.78 is 7.10. The number of nitrogens with zero attached hydrogens (tertiary/aromatic N) is 3. The number of carbonyl (C=O) groups is 2. The van der Waals surface area contributed by atoms with Crippen LogP contribution in [-0.2, 0) is 22.4 Å². The van der Waals surface area contributed by atoms with Crippen LogP contribution in [0.5, 0.6) is 0 Å². The van der Waals surface area contributed by atoms with E-state index < -0.39 is 12.1 Å². The third kappa shape index (κ3) is 5.92. The van der Waals surface area contributed by atoms with E-state index in [0.29, 0.717) is 0 Å². The van der Waals surface area contributed by atoms with Gasteiger partial charge in [-0.3, -0.25) is 4.79 Å². The fourth-order valence-corrected chi connectivity index (χ4v) is 6.16. The number of fused-ring (bicyclic) bond motifs is 1. The summed E-state index contributed by atoms with van der Waals surface area (Å²) in [5, 5.41) is 17.8. The molecule has 0 aliphatic heterocycles. The second-order valence-corrected chi connectivity index (χ2v) is 10.1. The van der Waals surface area contributed by atoms with Crippen LogP contribution in [0.1, 0.15) is 70.7 Å². The molecule has 0 fully saturated rings. The lowest BCUT2D eigenvalue weighted by Crippen LogP contribution is -2.33. The maximum Gasteiger partial charge on any atom is 0.407 e. The van der Waals surface area contributed by atoms with Crippen LogP contribution in [0.2, 0.25) is 0 Å². The van der Waals surface area contributed by atoms with Crippen LogP contribution in [-0.4, -0.2) is 29.4 Å². The van der Waals surface area contributed by atoms with Crippen molar-refractivity contribution in [3.05, 3.63) is 74.9 Å². The molecule has 37 heavy (non-hydrogen) atoms. The van der Waals surface area contributed by atoms with Crippen molar-refractivity contribution in [3.63, 3.8) is 0 Å². The predicted octanol–water partition coefficient (Wildman–Crippen LogP) is 5.23. The Morgan fingerprint density at radius 3 is 2.73 bits per heavy atom. The van der Waals surface area contributed by atoms with Gasteiger partial charge in [-0.1, -0.05) is 30.3 Å². The quantitative estimate of drug-likeness (QED) is 0.315. The highest BCUT2D eigenvalue weighted by Gasteiger charge is 2.24. The monoisotopic (exact) mass is 517 g/mol. The number of nitriles is 1. The van der Waals surface area contributed by atoms with Crippen LogP contribution in [0.3, 0.4) is 0 Å². The van der Waals surface area contributed by atoms with Gasteiger partial charge < -0.3 is 14.6 Å². The molecule has 1 aromatic carbocycles. The van der Waals surface area contributed by atoms with E-state index in [-0.39, 0.29) is 18.9 Å². The number of ether oxygens (including phenoxy) is 1. The maximum absolute atomic E-state index is 12.7. The summed E-state index contributed by atoms with van der Waals surface area (Å²) in [6, 6.07) is 13.2. The first-order chi connectivity index (χ1) is 17.9. The predicted molar refractivity (Wildman–Crippen MR) is 144 cm³/mol. The van der Waals surface area contributed by atoms with E-state index in [0.717, 1.165) is 52.3 Å². The number of nitrogens with one attached hydrogen (secondary N) is 2. The highest BCUT2D eigenvalue weighted by Crippen LogP contribution is 2.38. The van der Waals surface area contributed by atoms with Crippen molar-refractivity contribution in [2.24, 2.45) is 5.10 Å². The average Bonchev–Trinajstić information content (AvgIpc) is 3.39. The number of rotatable bonds is 8. The van der Waals surface area contributed by atoms with Crippen molar-refractivity contribution in [1.82, 2.24) is 15.3 Å². The highest BCUT2D eigenvalue weighted by molar-refractivity contribution is 7.15. The molecule has 0 bridgehead atoms. The Balaban J connectivity index is 1.48. The van der Waals surface area contributed by atoms with Gasteiger partial charge in [0.1, 0.15) is 11.1 Å². The molecule has 2 heterocycles. The summed E-state index contributed by atoms with van der Waals surface area (Å²) in [6.45, 7) is 5.97. The summed E-state index contributed by atoms with van der Waals surface area (Å²) in [5.41, 5.74) is 8.17. The lowest BCUT2D eigenvalue weighted by Gasteiger charge is -2.18. The van der Waals surface area contributed by atoms with Crippen LogP contribution >= 0.6 is 11.3 Å². The van der Waals surface area contributed by atoms with E-state index in [1.54, 1.807) is 24.5 Å². The second-order valence-electron chi connectivity index (χ2n) is 8.99. The largest absolute Gasteiger partial charge is 0.450 e. The molecule has 4 rings (SSSR count). The summed E-state index contributed by atoms with van der Waals surface area (Å²) in [5.74, 6) is -0.339. The maximum atomic E-state index is 12.7. The van der Waals surface area contributed by atoms with Gasteiger partial charge in [0.2, 0.25) is 5.91 Å². The molecule has 1 aliphatic rings. The molecule has 0 saturated carbocycles. The number of hydrogen-bond acceptors (Lipinski definition) is 6. The van der Waals surface area contributed by atoms with E-state index >= 15 is 0 Å². The molecule has 8 nitrogen and oxygen atoms in total. The third-order valence-electron chi connectivity index (χ3n) is 6.49. The minimum Gasteiger partial charge on any atom is -0.450 e. The molecule has 2 aromatic heterocycles. The molecule has 0 saturated heterocycles. The molecule has 0 unspecified atom stereocenters. The zero-order valence-corrected chi connectivity index (χ0v) is 22.2. The topological polar surface area (TPSA) is 109 Å². The third-order valence-corrected chi connectivity index (χ3v) is 7.77. The highest BCUT2D eigenvalue weighted by atomic mass is 32.1. The van der Waals surface area contributed by atoms with E-state index in [1.165, 1.54) is 16.9 Å². The summed E-state index contributed by atoms with van der Waals surface area (Å²) in [4.78, 5) is 26.0. The molecule has 0 spiro atoms. The van der Waals surface area contributed by atoms with Gasteiger partial charge in [-0.05, 0) is 63.6 Å². The molecule has 0 radical (unpaired) electrons. The molecule has 192 valence electrons. The number of aryl methyl sites for hydroxylation is 2. The van der Waals surface area contributed by atoms with Gasteiger partial charge in [-0.2, -0.15) is 10.4 Å². The van der Waals surface area contributed by atoms with Gasteiger partial charge in [-0.25, -0.2) is 10.2 Å². The van der Waals surface area contributed by atoms with Crippen LogP contribution in [0.25, 0.3) is 5.00 Å². The normalized spacial score (nSPS) is 13.6. The number of aromatic nitrogens is 1. The molecule has 9 heteroatoms. The summed E-state index contributed by atoms with van der Waals surface area (Å²) >= 11 is 1.70. The SMILES string of the molecule is CCOC(=O)N[C@@H](CC(=O)N/N=C\c1cc(C)n(-c2sc3c(c2C#N)CCCC3)c1C)c1ccccc1. The minimum absolute atomic E-state index is 0.00542. The van der Waals surface area contributed by atoms with Crippen molar-refractivity contribution in [3.8, 4) is 11.1 Å². The van der Waals surface area contributed by atoms with Crippen LogP contribution in [0.15, 0.2) is 41.5 Å². The van der Waals surface area contributed by atoms with E-state index in [2.05, 4.69) is 26.5 Å². The fourth-order valence-electron chi connectivity index (χ4n) is 4.71. The zero-order valence-electron chi connectivity index (χ0n) is 21.3.